The van der Waals surface area contributed by atoms with Crippen LogP contribution >= 0.6 is 0 Å². The molecule has 10 nitrogen and oxygen atoms in total. The number of halogens is 1. The number of para-hydroxylation sites is 1. The molecule has 1 aliphatic rings. The summed E-state index contributed by atoms with van der Waals surface area (Å²) in [4.78, 5) is 33.1. The predicted octanol–water partition coefficient (Wildman–Crippen LogP) is 4.14. The number of hydrogen-bond acceptors (Lipinski definition) is 8. The molecule has 4 aromatic rings. The molecule has 1 saturated carbocycles. The number of primary amides is 1. The summed E-state index contributed by atoms with van der Waals surface area (Å²) in [5, 5.41) is 9.56. The molecule has 37 heavy (non-hydrogen) atoms. The van der Waals surface area contributed by atoms with E-state index in [1.54, 1.807) is 18.2 Å². The molecule has 0 radical (unpaired) electrons. The minimum Gasteiger partial charge on any atom is -0.451 e. The van der Waals surface area contributed by atoms with Crippen LogP contribution in [0.25, 0.3) is 11.0 Å². The lowest BCUT2D eigenvalue weighted by molar-refractivity contribution is 0.0991. The van der Waals surface area contributed by atoms with Gasteiger partial charge in [0.1, 0.15) is 11.4 Å². The largest absolute Gasteiger partial charge is 0.451 e. The number of nitrogens with one attached hydrogen (secondary N) is 3. The number of fused-ring (bicyclic) bond motifs is 1. The highest BCUT2D eigenvalue weighted by atomic mass is 19.1. The summed E-state index contributed by atoms with van der Waals surface area (Å²) < 4.78 is 20.4. The highest BCUT2D eigenvalue weighted by molar-refractivity contribution is 6.05. The molecule has 0 spiro atoms. The quantitative estimate of drug-likeness (QED) is 0.251. The first kappa shape index (κ1) is 24.2. The second kappa shape index (κ2) is 10.2. The summed E-state index contributed by atoms with van der Waals surface area (Å²) in [6.45, 7) is 0. The monoisotopic (exact) mass is 503 g/mol. The Bertz CT molecular complexity index is 1440. The normalized spacial score (nSPS) is 17.4. The van der Waals surface area contributed by atoms with Crippen molar-refractivity contribution < 1.29 is 18.4 Å². The summed E-state index contributed by atoms with van der Waals surface area (Å²) in [5.74, 6) is -1.85. The van der Waals surface area contributed by atoms with Crippen molar-refractivity contribution in [3.8, 4) is 0 Å². The topological polar surface area (TPSA) is 161 Å². The van der Waals surface area contributed by atoms with Crippen LogP contribution in [0.15, 0.2) is 59.3 Å². The van der Waals surface area contributed by atoms with Gasteiger partial charge in [0.05, 0.1) is 29.3 Å². The van der Waals surface area contributed by atoms with Crippen LogP contribution in [-0.2, 0) is 0 Å². The van der Waals surface area contributed by atoms with Gasteiger partial charge in [-0.05, 0) is 37.1 Å². The number of amides is 2. The van der Waals surface area contributed by atoms with E-state index in [0.717, 1.165) is 37.1 Å². The van der Waals surface area contributed by atoms with Gasteiger partial charge in [0.2, 0.25) is 0 Å². The third-order valence-electron chi connectivity index (χ3n) is 6.29. The number of carbonyl (C=O) groups excluding carboxylic acids is 2. The SMILES string of the molecule is NC(=O)c1cc(F)c(N[C@@H]2CCCC[C@@H]2N)nc1Nc1cncc(NC(=O)c2cc3ccccc3o2)c1. The Morgan fingerprint density at radius 2 is 1.81 bits per heavy atom. The van der Waals surface area contributed by atoms with Crippen molar-refractivity contribution in [1.82, 2.24) is 9.97 Å². The number of nitrogens with two attached hydrogens (primary N) is 2. The van der Waals surface area contributed by atoms with Crippen LogP contribution in [0, 0.1) is 5.82 Å². The average Bonchev–Trinajstić information content (AvgIpc) is 3.32. The molecule has 1 aliphatic carbocycles. The smallest absolute Gasteiger partial charge is 0.291 e. The van der Waals surface area contributed by atoms with Crippen LogP contribution in [-0.4, -0.2) is 33.9 Å². The van der Waals surface area contributed by atoms with E-state index in [1.807, 2.05) is 18.2 Å². The van der Waals surface area contributed by atoms with E-state index in [0.29, 0.717) is 17.0 Å². The number of furan rings is 1. The number of hydrogen-bond donors (Lipinski definition) is 5. The first-order chi connectivity index (χ1) is 17.9. The number of benzene rings is 1. The number of carbonyl (C=O) groups is 2. The van der Waals surface area contributed by atoms with Gasteiger partial charge in [-0.1, -0.05) is 31.0 Å². The molecule has 3 heterocycles. The third kappa shape index (κ3) is 5.36. The Hall–Kier alpha value is -4.51. The molecule has 2 atom stereocenters. The van der Waals surface area contributed by atoms with Gasteiger partial charge in [0, 0.05) is 17.5 Å². The van der Waals surface area contributed by atoms with E-state index < -0.39 is 17.6 Å². The maximum atomic E-state index is 14.8. The predicted molar refractivity (Wildman–Crippen MR) is 138 cm³/mol. The van der Waals surface area contributed by atoms with Crippen LogP contribution in [0.2, 0.25) is 0 Å². The van der Waals surface area contributed by atoms with E-state index in [4.69, 9.17) is 15.9 Å². The van der Waals surface area contributed by atoms with E-state index >= 15 is 0 Å². The molecular formula is C26H26FN7O3. The molecule has 2 amide bonds. The van der Waals surface area contributed by atoms with E-state index in [-0.39, 0.29) is 35.0 Å². The Morgan fingerprint density at radius 3 is 2.59 bits per heavy atom. The molecule has 11 heteroatoms. The zero-order chi connectivity index (χ0) is 25.9. The lowest BCUT2D eigenvalue weighted by atomic mass is 9.91. The average molecular weight is 504 g/mol. The molecule has 1 aromatic carbocycles. The Morgan fingerprint density at radius 1 is 1.03 bits per heavy atom. The molecule has 1 fully saturated rings. The second-order valence-corrected chi connectivity index (χ2v) is 8.97. The Balaban J connectivity index is 1.37. The number of anilines is 4. The van der Waals surface area contributed by atoms with Gasteiger partial charge in [-0.25, -0.2) is 9.37 Å². The van der Waals surface area contributed by atoms with Crippen molar-refractivity contribution in [3.05, 3.63) is 72.0 Å². The molecule has 5 rings (SSSR count). The standard InChI is InChI=1S/C26H26FN7O3/c27-18-11-17(23(29)35)24(34-25(18)33-20-7-3-2-6-19(20)28)31-15-10-16(13-30-12-15)32-26(36)22-9-14-5-1-4-8-21(14)37-22/h1,4-5,8-13,19-20H,2-3,6-7,28H2,(H2,29,35)(H,32,36)(H2,31,33,34)/t19-,20+/m0/s1. The third-order valence-corrected chi connectivity index (χ3v) is 6.29. The van der Waals surface area contributed by atoms with Gasteiger partial charge >= 0.3 is 0 Å². The van der Waals surface area contributed by atoms with Crippen LogP contribution < -0.4 is 27.4 Å². The lowest BCUT2D eigenvalue weighted by Gasteiger charge is -2.30. The first-order valence-electron chi connectivity index (χ1n) is 11.9. The fourth-order valence-electron chi connectivity index (χ4n) is 4.39. The van der Waals surface area contributed by atoms with E-state index in [2.05, 4.69) is 25.9 Å². The molecule has 7 N–H and O–H groups in total. The van der Waals surface area contributed by atoms with Gasteiger partial charge in [0.15, 0.2) is 17.4 Å². The van der Waals surface area contributed by atoms with Gasteiger partial charge in [-0.15, -0.1) is 0 Å². The molecule has 0 unspecified atom stereocenters. The van der Waals surface area contributed by atoms with Crippen LogP contribution in [0.3, 0.4) is 0 Å². The van der Waals surface area contributed by atoms with Gasteiger partial charge in [-0.3, -0.25) is 14.6 Å². The van der Waals surface area contributed by atoms with Crippen molar-refractivity contribution in [1.29, 1.82) is 0 Å². The minimum absolute atomic E-state index is 0.0304. The van der Waals surface area contributed by atoms with Gasteiger partial charge < -0.3 is 31.8 Å². The molecule has 3 aromatic heterocycles. The Kier molecular flexibility index (Phi) is 6.69. The van der Waals surface area contributed by atoms with E-state index in [1.165, 1.54) is 12.4 Å². The molecule has 0 aliphatic heterocycles. The zero-order valence-electron chi connectivity index (χ0n) is 19.8. The summed E-state index contributed by atoms with van der Waals surface area (Å²) in [6.07, 6.45) is 6.56. The molecule has 0 saturated heterocycles. The fraction of sp³-hybridized carbons (Fsp3) is 0.231. The van der Waals surface area contributed by atoms with Gasteiger partial charge in [0.25, 0.3) is 11.8 Å². The van der Waals surface area contributed by atoms with Crippen molar-refractivity contribution >= 4 is 45.8 Å². The van der Waals surface area contributed by atoms with Crippen molar-refractivity contribution in [2.45, 2.75) is 37.8 Å². The van der Waals surface area contributed by atoms with Crippen molar-refractivity contribution in [2.24, 2.45) is 11.5 Å². The summed E-state index contributed by atoms with van der Waals surface area (Å²) in [7, 11) is 0. The number of rotatable bonds is 7. The van der Waals surface area contributed by atoms with Gasteiger partial charge in [-0.2, -0.15) is 0 Å². The zero-order valence-corrected chi connectivity index (χ0v) is 19.8. The first-order valence-corrected chi connectivity index (χ1v) is 11.9. The molecule has 0 bridgehead atoms. The Labute approximate surface area is 211 Å². The number of nitrogens with zero attached hydrogens (tertiary/aromatic N) is 2. The number of pyridine rings is 2. The van der Waals surface area contributed by atoms with Crippen molar-refractivity contribution in [3.63, 3.8) is 0 Å². The maximum absolute atomic E-state index is 14.8. The van der Waals surface area contributed by atoms with Crippen LogP contribution in [0.4, 0.5) is 27.4 Å². The molecular weight excluding hydrogens is 477 g/mol. The maximum Gasteiger partial charge on any atom is 0.291 e. The summed E-state index contributed by atoms with van der Waals surface area (Å²) >= 11 is 0. The highest BCUT2D eigenvalue weighted by Gasteiger charge is 2.24. The number of aromatic nitrogens is 2. The minimum atomic E-state index is -0.850. The molecule has 190 valence electrons. The van der Waals surface area contributed by atoms with E-state index in [9.17, 15) is 14.0 Å². The second-order valence-electron chi connectivity index (χ2n) is 8.97. The van der Waals surface area contributed by atoms with Crippen molar-refractivity contribution in [2.75, 3.05) is 16.0 Å². The summed E-state index contributed by atoms with van der Waals surface area (Å²) in [5.41, 5.74) is 12.9. The van der Waals surface area contributed by atoms with Crippen LogP contribution in [0.5, 0.6) is 0 Å². The highest BCUT2D eigenvalue weighted by Crippen LogP contribution is 2.27. The van der Waals surface area contributed by atoms with Crippen LogP contribution in [0.1, 0.15) is 46.6 Å². The lowest BCUT2D eigenvalue weighted by Crippen LogP contribution is -2.43. The summed E-state index contributed by atoms with van der Waals surface area (Å²) in [6, 6.07) is 11.3. The fourth-order valence-corrected chi connectivity index (χ4v) is 4.39.